The maximum atomic E-state index is 11.4. The minimum atomic E-state index is -0.329. The minimum Gasteiger partial charge on any atom is -0.466 e. The van der Waals surface area contributed by atoms with Gasteiger partial charge in [-0.2, -0.15) is 0 Å². The van der Waals surface area contributed by atoms with E-state index in [2.05, 4.69) is 21.1 Å². The molecule has 0 spiro atoms. The summed E-state index contributed by atoms with van der Waals surface area (Å²) < 4.78 is 10.7. The third-order valence-corrected chi connectivity index (χ3v) is 2.97. The van der Waals surface area contributed by atoms with Crippen LogP contribution in [-0.4, -0.2) is 17.7 Å². The Kier molecular flexibility index (Phi) is 3.33. The van der Waals surface area contributed by atoms with Crippen LogP contribution in [0.4, 0.5) is 5.69 Å². The first-order valence-electron chi connectivity index (χ1n) is 5.10. The van der Waals surface area contributed by atoms with Crippen molar-refractivity contribution in [2.75, 3.05) is 12.3 Å². The zero-order valence-electron chi connectivity index (χ0n) is 9.20. The first-order chi connectivity index (χ1) is 8.11. The van der Waals surface area contributed by atoms with Crippen LogP contribution in [-0.2, 0) is 16.0 Å². The lowest BCUT2D eigenvalue weighted by Gasteiger charge is -2.00. The van der Waals surface area contributed by atoms with Gasteiger partial charge in [0, 0.05) is 21.6 Å². The minimum absolute atomic E-state index is 0.0852. The molecule has 0 aliphatic rings. The van der Waals surface area contributed by atoms with Crippen molar-refractivity contribution >= 4 is 38.6 Å². The molecule has 0 radical (unpaired) electrons. The summed E-state index contributed by atoms with van der Waals surface area (Å²) in [6.07, 6.45) is 0.0852. The molecule has 0 fully saturated rings. The number of nitrogen functional groups attached to an aromatic ring is 1. The molecule has 1 aromatic heterocycles. The molecule has 2 N–H and O–H groups in total. The van der Waals surface area contributed by atoms with Crippen LogP contribution in [0.2, 0.25) is 0 Å². The van der Waals surface area contributed by atoms with E-state index in [0.29, 0.717) is 23.6 Å². The average Bonchev–Trinajstić information content (AvgIpc) is 2.63. The Morgan fingerprint density at radius 2 is 2.35 bits per heavy atom. The highest BCUT2D eigenvalue weighted by Gasteiger charge is 2.14. The average molecular weight is 299 g/mol. The molecule has 90 valence electrons. The van der Waals surface area contributed by atoms with E-state index in [-0.39, 0.29) is 12.4 Å². The summed E-state index contributed by atoms with van der Waals surface area (Å²) in [4.78, 5) is 11.4. The number of nitrogens with two attached hydrogens (primary N) is 1. The molecule has 2 rings (SSSR count). The lowest BCUT2D eigenvalue weighted by Crippen LogP contribution is -2.07. The van der Waals surface area contributed by atoms with Crippen molar-refractivity contribution in [3.8, 4) is 0 Å². The van der Waals surface area contributed by atoms with Crippen molar-refractivity contribution in [2.45, 2.75) is 13.3 Å². The van der Waals surface area contributed by atoms with Crippen molar-refractivity contribution in [2.24, 2.45) is 0 Å². The van der Waals surface area contributed by atoms with Gasteiger partial charge in [0.05, 0.1) is 13.0 Å². The number of carbonyl (C=O) groups is 1. The van der Waals surface area contributed by atoms with Gasteiger partial charge in [-0.25, -0.2) is 0 Å². The second-order valence-corrected chi connectivity index (χ2v) is 4.34. The molecule has 0 aliphatic carbocycles. The summed E-state index contributed by atoms with van der Waals surface area (Å²) in [6, 6.07) is 3.46. The van der Waals surface area contributed by atoms with Crippen LogP contribution >= 0.6 is 15.9 Å². The Balaban J connectivity index is 2.36. The first kappa shape index (κ1) is 11.9. The smallest absolute Gasteiger partial charge is 0.312 e. The number of nitrogens with zero attached hydrogens (tertiary/aromatic N) is 1. The fourth-order valence-electron chi connectivity index (χ4n) is 1.50. The molecular weight excluding hydrogens is 288 g/mol. The maximum absolute atomic E-state index is 11.4. The van der Waals surface area contributed by atoms with E-state index in [4.69, 9.17) is 15.0 Å². The van der Waals surface area contributed by atoms with Gasteiger partial charge in [-0.05, 0) is 28.9 Å². The topological polar surface area (TPSA) is 78.3 Å². The fraction of sp³-hybridized carbons (Fsp3) is 0.273. The van der Waals surface area contributed by atoms with Crippen molar-refractivity contribution in [3.05, 3.63) is 22.3 Å². The summed E-state index contributed by atoms with van der Waals surface area (Å²) in [5, 5.41) is 4.58. The summed E-state index contributed by atoms with van der Waals surface area (Å²) in [5.74, 6) is -0.329. The van der Waals surface area contributed by atoms with E-state index < -0.39 is 0 Å². The van der Waals surface area contributed by atoms with E-state index in [1.807, 2.05) is 0 Å². The van der Waals surface area contributed by atoms with E-state index in [9.17, 15) is 4.79 Å². The van der Waals surface area contributed by atoms with Crippen LogP contribution in [0.3, 0.4) is 0 Å². The summed E-state index contributed by atoms with van der Waals surface area (Å²) in [7, 11) is 0. The largest absolute Gasteiger partial charge is 0.466 e. The highest BCUT2D eigenvalue weighted by atomic mass is 79.9. The first-order valence-corrected chi connectivity index (χ1v) is 5.90. The molecule has 0 atom stereocenters. The SMILES string of the molecule is CCOC(=O)Cc1noc2cc(Br)c(N)cc12. The lowest BCUT2D eigenvalue weighted by atomic mass is 10.1. The Morgan fingerprint density at radius 1 is 1.59 bits per heavy atom. The maximum Gasteiger partial charge on any atom is 0.312 e. The summed E-state index contributed by atoms with van der Waals surface area (Å²) >= 11 is 3.30. The number of ether oxygens (including phenoxy) is 1. The van der Waals surface area contributed by atoms with Crippen molar-refractivity contribution < 1.29 is 14.1 Å². The van der Waals surface area contributed by atoms with Gasteiger partial charge in [0.1, 0.15) is 5.69 Å². The zero-order valence-corrected chi connectivity index (χ0v) is 10.8. The van der Waals surface area contributed by atoms with Gasteiger partial charge in [0.2, 0.25) is 0 Å². The van der Waals surface area contributed by atoms with Crippen molar-refractivity contribution in [1.29, 1.82) is 0 Å². The van der Waals surface area contributed by atoms with Gasteiger partial charge in [-0.1, -0.05) is 5.16 Å². The van der Waals surface area contributed by atoms with E-state index in [1.165, 1.54) is 0 Å². The highest BCUT2D eigenvalue weighted by Crippen LogP contribution is 2.28. The number of hydrogen-bond acceptors (Lipinski definition) is 5. The van der Waals surface area contributed by atoms with Gasteiger partial charge < -0.3 is 15.0 Å². The number of rotatable bonds is 3. The van der Waals surface area contributed by atoms with Crippen LogP contribution in [0.25, 0.3) is 11.0 Å². The van der Waals surface area contributed by atoms with E-state index in [0.717, 1.165) is 9.86 Å². The third-order valence-electron chi connectivity index (χ3n) is 2.28. The van der Waals surface area contributed by atoms with Crippen LogP contribution in [0.15, 0.2) is 21.1 Å². The van der Waals surface area contributed by atoms with E-state index in [1.54, 1.807) is 19.1 Å². The molecule has 2 aromatic rings. The number of esters is 1. The molecule has 0 unspecified atom stereocenters. The molecule has 0 saturated heterocycles. The zero-order chi connectivity index (χ0) is 12.4. The van der Waals surface area contributed by atoms with Crippen LogP contribution in [0, 0.1) is 0 Å². The van der Waals surface area contributed by atoms with E-state index >= 15 is 0 Å². The number of hydrogen-bond donors (Lipinski definition) is 1. The molecule has 6 heteroatoms. The lowest BCUT2D eigenvalue weighted by molar-refractivity contribution is -0.142. The predicted octanol–water partition coefficient (Wildman–Crippen LogP) is 2.28. The van der Waals surface area contributed by atoms with Gasteiger partial charge in [0.15, 0.2) is 5.58 Å². The predicted molar refractivity (Wildman–Crippen MR) is 66.5 cm³/mol. The standard InChI is InChI=1S/C11H11BrN2O3/c1-2-16-11(15)5-9-6-3-8(13)7(12)4-10(6)17-14-9/h3-4H,2,5,13H2,1H3. The molecule has 1 aromatic carbocycles. The van der Waals surface area contributed by atoms with Crippen LogP contribution < -0.4 is 5.73 Å². The number of anilines is 1. The molecule has 0 aliphatic heterocycles. The Morgan fingerprint density at radius 3 is 3.06 bits per heavy atom. The molecule has 17 heavy (non-hydrogen) atoms. The second-order valence-electron chi connectivity index (χ2n) is 3.48. The fourth-order valence-corrected chi connectivity index (χ4v) is 1.82. The van der Waals surface area contributed by atoms with Gasteiger partial charge in [-0.3, -0.25) is 4.79 Å². The van der Waals surface area contributed by atoms with Crippen LogP contribution in [0.5, 0.6) is 0 Å². The normalized spacial score (nSPS) is 10.7. The molecule has 0 bridgehead atoms. The Bertz CT molecular complexity index is 565. The van der Waals surface area contributed by atoms with Crippen molar-refractivity contribution in [1.82, 2.24) is 5.16 Å². The quantitative estimate of drug-likeness (QED) is 0.695. The Labute approximate surface area is 106 Å². The second kappa shape index (κ2) is 4.75. The molecule has 5 nitrogen and oxygen atoms in total. The van der Waals surface area contributed by atoms with Crippen LogP contribution in [0.1, 0.15) is 12.6 Å². The molecular formula is C11H11BrN2O3. The Hall–Kier alpha value is -1.56. The molecule has 0 amide bonds. The summed E-state index contributed by atoms with van der Waals surface area (Å²) in [6.45, 7) is 2.11. The van der Waals surface area contributed by atoms with Gasteiger partial charge in [-0.15, -0.1) is 0 Å². The van der Waals surface area contributed by atoms with Crippen molar-refractivity contribution in [3.63, 3.8) is 0 Å². The van der Waals surface area contributed by atoms with Gasteiger partial charge >= 0.3 is 5.97 Å². The highest BCUT2D eigenvalue weighted by molar-refractivity contribution is 9.10. The number of halogens is 1. The number of carbonyl (C=O) groups excluding carboxylic acids is 1. The molecule has 0 saturated carbocycles. The number of fused-ring (bicyclic) bond motifs is 1. The number of benzene rings is 1. The monoisotopic (exact) mass is 298 g/mol. The third kappa shape index (κ3) is 2.41. The van der Waals surface area contributed by atoms with Gasteiger partial charge in [0.25, 0.3) is 0 Å². The number of aromatic nitrogens is 1. The summed E-state index contributed by atoms with van der Waals surface area (Å²) in [5.41, 5.74) is 7.47. The molecule has 1 heterocycles.